The number of thiophene rings is 1. The van der Waals surface area contributed by atoms with Crippen molar-refractivity contribution < 1.29 is 9.21 Å². The van der Waals surface area contributed by atoms with Crippen LogP contribution in [0.5, 0.6) is 0 Å². The third-order valence-corrected chi connectivity index (χ3v) is 3.62. The minimum atomic E-state index is -0.0451. The lowest BCUT2D eigenvalue weighted by molar-refractivity contribution is 0.101. The minimum absolute atomic E-state index is 0.0451. The van der Waals surface area contributed by atoms with E-state index in [1.54, 1.807) is 12.1 Å². The summed E-state index contributed by atoms with van der Waals surface area (Å²) in [5, 5.41) is 0. The Morgan fingerprint density at radius 2 is 2.13 bits per heavy atom. The number of rotatable bonds is 2. The number of hydrogen-bond acceptors (Lipinski definition) is 3. The molecule has 4 heteroatoms. The van der Waals surface area contributed by atoms with Crippen LogP contribution in [0.25, 0.3) is 0 Å². The first kappa shape index (κ1) is 10.6. The third kappa shape index (κ3) is 2.06. The summed E-state index contributed by atoms with van der Waals surface area (Å²) < 4.78 is 5.82. The maximum absolute atomic E-state index is 12.0. The number of halogens is 1. The maximum atomic E-state index is 12.0. The Bertz CT molecular complexity index is 510. The molecule has 0 aromatic carbocycles. The first-order valence-electron chi connectivity index (χ1n) is 4.45. The van der Waals surface area contributed by atoms with Gasteiger partial charge < -0.3 is 4.42 Å². The Morgan fingerprint density at radius 1 is 1.40 bits per heavy atom. The molecule has 0 N–H and O–H groups in total. The Morgan fingerprint density at radius 3 is 2.60 bits per heavy atom. The summed E-state index contributed by atoms with van der Waals surface area (Å²) in [5.74, 6) is 0.336. The quantitative estimate of drug-likeness (QED) is 0.782. The van der Waals surface area contributed by atoms with Gasteiger partial charge in [0.1, 0.15) is 0 Å². The van der Waals surface area contributed by atoms with Crippen molar-refractivity contribution in [3.8, 4) is 0 Å². The highest BCUT2D eigenvalue weighted by molar-refractivity contribution is 9.10. The van der Waals surface area contributed by atoms with E-state index in [-0.39, 0.29) is 5.78 Å². The van der Waals surface area contributed by atoms with Gasteiger partial charge in [-0.3, -0.25) is 4.79 Å². The molecule has 0 spiro atoms. The molecule has 0 fully saturated rings. The summed E-state index contributed by atoms with van der Waals surface area (Å²) in [6.45, 7) is 3.93. The molecule has 2 rings (SSSR count). The molecule has 0 atom stereocenters. The molecule has 0 radical (unpaired) electrons. The van der Waals surface area contributed by atoms with Crippen molar-refractivity contribution in [2.24, 2.45) is 0 Å². The normalized spacial score (nSPS) is 10.6. The Balaban J connectivity index is 2.40. The fourth-order valence-corrected chi connectivity index (χ4v) is 2.69. The van der Waals surface area contributed by atoms with E-state index in [2.05, 4.69) is 15.9 Å². The topological polar surface area (TPSA) is 30.2 Å². The molecule has 0 aliphatic carbocycles. The van der Waals surface area contributed by atoms with Crippen LogP contribution < -0.4 is 0 Å². The molecule has 2 nitrogen and oxygen atoms in total. The highest BCUT2D eigenvalue weighted by Crippen LogP contribution is 2.25. The molecular formula is C11H9BrO2S. The van der Waals surface area contributed by atoms with Crippen LogP contribution in [0.4, 0.5) is 0 Å². The van der Waals surface area contributed by atoms with Crippen LogP contribution in [-0.2, 0) is 0 Å². The van der Waals surface area contributed by atoms with E-state index >= 15 is 0 Å². The average molecular weight is 285 g/mol. The van der Waals surface area contributed by atoms with Gasteiger partial charge >= 0.3 is 0 Å². The van der Waals surface area contributed by atoms with Crippen molar-refractivity contribution >= 4 is 33.0 Å². The first-order chi connectivity index (χ1) is 7.08. The minimum Gasteiger partial charge on any atom is -0.446 e. The zero-order valence-electron chi connectivity index (χ0n) is 8.33. The van der Waals surface area contributed by atoms with Crippen molar-refractivity contribution in [2.75, 3.05) is 0 Å². The highest BCUT2D eigenvalue weighted by Gasteiger charge is 2.17. The van der Waals surface area contributed by atoms with E-state index in [0.717, 1.165) is 15.3 Å². The second-order valence-corrected chi connectivity index (χ2v) is 5.34. The van der Waals surface area contributed by atoms with Gasteiger partial charge in [-0.25, -0.2) is 0 Å². The fraction of sp³-hybridized carbons (Fsp3) is 0.182. The van der Waals surface area contributed by atoms with E-state index in [4.69, 9.17) is 4.42 Å². The largest absolute Gasteiger partial charge is 0.446 e. The summed E-state index contributed by atoms with van der Waals surface area (Å²) >= 11 is 4.68. The van der Waals surface area contributed by atoms with Crippen LogP contribution in [0.15, 0.2) is 27.3 Å². The second kappa shape index (κ2) is 3.94. The third-order valence-electron chi connectivity index (χ3n) is 2.04. The number of ketones is 1. The molecule has 0 unspecified atom stereocenters. The Kier molecular flexibility index (Phi) is 2.80. The van der Waals surface area contributed by atoms with Crippen LogP contribution in [0, 0.1) is 13.8 Å². The fourth-order valence-electron chi connectivity index (χ4n) is 1.42. The van der Waals surface area contributed by atoms with Crippen LogP contribution in [-0.4, -0.2) is 5.78 Å². The van der Waals surface area contributed by atoms with Crippen molar-refractivity contribution in [3.05, 3.63) is 43.9 Å². The first-order valence-corrected chi connectivity index (χ1v) is 6.06. The molecule has 15 heavy (non-hydrogen) atoms. The molecule has 0 aliphatic rings. The zero-order chi connectivity index (χ0) is 11.0. The molecule has 0 saturated carbocycles. The van der Waals surface area contributed by atoms with E-state index < -0.39 is 0 Å². The lowest BCUT2D eigenvalue weighted by Gasteiger charge is -1.94. The molecule has 2 heterocycles. The lowest BCUT2D eigenvalue weighted by Crippen LogP contribution is -1.97. The van der Waals surface area contributed by atoms with Gasteiger partial charge in [0.15, 0.2) is 10.4 Å². The number of carbonyl (C=O) groups excluding carboxylic acids is 1. The average Bonchev–Trinajstić information content (AvgIpc) is 2.71. The monoisotopic (exact) mass is 284 g/mol. The Hall–Kier alpha value is -0.870. The number of carbonyl (C=O) groups is 1. The molecule has 0 amide bonds. The molecular weight excluding hydrogens is 276 g/mol. The predicted molar refractivity (Wildman–Crippen MR) is 63.6 cm³/mol. The summed E-state index contributed by atoms with van der Waals surface area (Å²) in [7, 11) is 0. The molecule has 0 aliphatic heterocycles. The zero-order valence-corrected chi connectivity index (χ0v) is 10.7. The van der Waals surface area contributed by atoms with Crippen molar-refractivity contribution in [1.29, 1.82) is 0 Å². The van der Waals surface area contributed by atoms with Gasteiger partial charge in [0.05, 0.1) is 4.88 Å². The predicted octanol–water partition coefficient (Wildman–Crippen LogP) is 3.95. The van der Waals surface area contributed by atoms with E-state index in [0.29, 0.717) is 10.4 Å². The Labute approximate surface area is 100 Å². The smallest absolute Gasteiger partial charge is 0.238 e. The summed E-state index contributed by atoms with van der Waals surface area (Å²) in [6, 6.07) is 5.42. The van der Waals surface area contributed by atoms with Crippen molar-refractivity contribution in [3.63, 3.8) is 0 Å². The number of aryl methyl sites for hydroxylation is 2. The van der Waals surface area contributed by atoms with Crippen LogP contribution in [0.1, 0.15) is 25.9 Å². The van der Waals surface area contributed by atoms with Gasteiger partial charge in [-0.15, -0.1) is 11.3 Å². The van der Waals surface area contributed by atoms with Gasteiger partial charge in [-0.05, 0) is 53.5 Å². The molecule has 0 bridgehead atoms. The summed E-state index contributed by atoms with van der Waals surface area (Å²) in [4.78, 5) is 13.9. The van der Waals surface area contributed by atoms with E-state index in [1.165, 1.54) is 11.3 Å². The van der Waals surface area contributed by atoms with E-state index in [9.17, 15) is 4.79 Å². The molecule has 2 aromatic rings. The SMILES string of the molecule is Cc1cc(C)c(C(=O)c2ccc(Br)o2)s1. The molecule has 2 aromatic heterocycles. The number of hydrogen-bond donors (Lipinski definition) is 0. The van der Waals surface area contributed by atoms with Gasteiger partial charge in [0.2, 0.25) is 5.78 Å². The van der Waals surface area contributed by atoms with Gasteiger partial charge in [0, 0.05) is 4.88 Å². The highest BCUT2D eigenvalue weighted by atomic mass is 79.9. The number of furan rings is 1. The second-order valence-electron chi connectivity index (χ2n) is 3.30. The summed E-state index contributed by atoms with van der Waals surface area (Å²) in [6.07, 6.45) is 0. The maximum Gasteiger partial charge on any atom is 0.238 e. The molecule has 0 saturated heterocycles. The van der Waals surface area contributed by atoms with E-state index in [1.807, 2.05) is 19.9 Å². The van der Waals surface area contributed by atoms with Crippen molar-refractivity contribution in [1.82, 2.24) is 0 Å². The van der Waals surface area contributed by atoms with Crippen LogP contribution in [0.2, 0.25) is 0 Å². The van der Waals surface area contributed by atoms with Gasteiger partial charge in [0.25, 0.3) is 0 Å². The molecule has 78 valence electrons. The van der Waals surface area contributed by atoms with Gasteiger partial charge in [-0.2, -0.15) is 0 Å². The van der Waals surface area contributed by atoms with Crippen molar-refractivity contribution in [2.45, 2.75) is 13.8 Å². The lowest BCUT2D eigenvalue weighted by atomic mass is 10.2. The van der Waals surface area contributed by atoms with Crippen LogP contribution in [0.3, 0.4) is 0 Å². The van der Waals surface area contributed by atoms with Gasteiger partial charge in [-0.1, -0.05) is 0 Å². The summed E-state index contributed by atoms with van der Waals surface area (Å²) in [5.41, 5.74) is 1.01. The standard InChI is InChI=1S/C11H9BrO2S/c1-6-5-7(2)15-11(6)10(13)8-3-4-9(12)14-8/h3-5H,1-2H3. The van der Waals surface area contributed by atoms with Crippen LogP contribution >= 0.6 is 27.3 Å².